The Kier molecular flexibility index (Phi) is 5.69. The number of para-hydroxylation sites is 1. The van der Waals surface area contributed by atoms with Crippen molar-refractivity contribution in [2.75, 3.05) is 18.0 Å². The zero-order chi connectivity index (χ0) is 19.7. The molecule has 4 rings (SSSR count). The summed E-state index contributed by atoms with van der Waals surface area (Å²) in [6.45, 7) is 6.15. The first-order valence-electron chi connectivity index (χ1n) is 10.00. The molecule has 146 valence electrons. The fourth-order valence-corrected chi connectivity index (χ4v) is 5.22. The Morgan fingerprint density at radius 1 is 1.25 bits per heavy atom. The Morgan fingerprint density at radius 2 is 2.00 bits per heavy atom. The lowest BCUT2D eigenvalue weighted by atomic mass is 10.1. The molecular formula is C22H25N3OS2. The van der Waals surface area contributed by atoms with Crippen molar-refractivity contribution in [2.24, 2.45) is 0 Å². The second-order valence-electron chi connectivity index (χ2n) is 7.45. The molecule has 2 fully saturated rings. The highest BCUT2D eigenvalue weighted by Crippen LogP contribution is 2.36. The van der Waals surface area contributed by atoms with Crippen LogP contribution in [-0.2, 0) is 4.79 Å². The maximum absolute atomic E-state index is 13.0. The van der Waals surface area contributed by atoms with E-state index in [2.05, 4.69) is 30.0 Å². The number of rotatable bonds is 4. The van der Waals surface area contributed by atoms with Gasteiger partial charge in [-0.2, -0.15) is 0 Å². The molecule has 0 radical (unpaired) electrons. The second kappa shape index (κ2) is 8.21. The molecular weight excluding hydrogens is 386 g/mol. The number of carbonyl (C=O) groups is 1. The number of nitrogens with zero attached hydrogens (tertiary/aromatic N) is 3. The average molecular weight is 412 g/mol. The minimum Gasteiger partial charge on any atom is -0.356 e. The number of pyridine rings is 1. The van der Waals surface area contributed by atoms with Gasteiger partial charge in [0, 0.05) is 30.1 Å². The van der Waals surface area contributed by atoms with Crippen molar-refractivity contribution in [1.82, 2.24) is 9.88 Å². The summed E-state index contributed by atoms with van der Waals surface area (Å²) >= 11 is 6.89. The van der Waals surface area contributed by atoms with E-state index in [1.54, 1.807) is 4.90 Å². The molecule has 1 amide bonds. The number of carbonyl (C=O) groups excluding carboxylic acids is 1. The first kappa shape index (κ1) is 19.4. The molecule has 4 nitrogen and oxygen atoms in total. The van der Waals surface area contributed by atoms with Crippen LogP contribution < -0.4 is 4.90 Å². The number of anilines is 1. The fraction of sp³-hybridized carbons (Fsp3) is 0.409. The van der Waals surface area contributed by atoms with E-state index < -0.39 is 0 Å². The normalized spacial score (nSPS) is 20.4. The van der Waals surface area contributed by atoms with Gasteiger partial charge in [0.05, 0.1) is 10.4 Å². The van der Waals surface area contributed by atoms with Crippen molar-refractivity contribution in [3.63, 3.8) is 0 Å². The Hall–Kier alpha value is -1.92. The monoisotopic (exact) mass is 411 g/mol. The van der Waals surface area contributed by atoms with Crippen molar-refractivity contribution in [2.45, 2.75) is 45.6 Å². The smallest absolute Gasteiger partial charge is 0.266 e. The topological polar surface area (TPSA) is 36.4 Å². The van der Waals surface area contributed by atoms with Gasteiger partial charge >= 0.3 is 0 Å². The third-order valence-electron chi connectivity index (χ3n) is 5.53. The standard InChI is InChI=1S/C22H25N3OS2/c1-3-15(2)25-21(26)19(28-22(25)27)14-17-13-16-9-5-6-10-18(16)23-20(17)24-11-7-4-8-12-24/h5-6,9-10,13-15H,3-4,7-8,11-12H2,1-2H3/b19-14-. The maximum atomic E-state index is 13.0. The van der Waals surface area contributed by atoms with Gasteiger partial charge in [0.25, 0.3) is 5.91 Å². The number of fused-ring (bicyclic) bond motifs is 1. The minimum atomic E-state index is 0.0158. The Bertz CT molecular complexity index is 950. The number of hydrogen-bond donors (Lipinski definition) is 0. The van der Waals surface area contributed by atoms with Gasteiger partial charge in [-0.25, -0.2) is 4.98 Å². The molecule has 1 unspecified atom stereocenters. The van der Waals surface area contributed by atoms with E-state index in [1.807, 2.05) is 25.1 Å². The van der Waals surface area contributed by atoms with Crippen molar-refractivity contribution in [3.8, 4) is 0 Å². The van der Waals surface area contributed by atoms with Crippen LogP contribution in [0, 0.1) is 0 Å². The third-order valence-corrected chi connectivity index (χ3v) is 6.86. The van der Waals surface area contributed by atoms with Gasteiger partial charge in [-0.1, -0.05) is 49.1 Å². The molecule has 3 heterocycles. The number of thioether (sulfide) groups is 1. The fourth-order valence-electron chi connectivity index (χ4n) is 3.77. The summed E-state index contributed by atoms with van der Waals surface area (Å²) in [6.07, 6.45) is 6.52. The molecule has 1 aromatic carbocycles. The summed E-state index contributed by atoms with van der Waals surface area (Å²) in [5, 5.41) is 1.09. The SMILES string of the molecule is CCC(C)N1C(=O)/C(=C/c2cc3ccccc3nc2N2CCCCC2)SC1=S. The number of hydrogen-bond acceptors (Lipinski definition) is 5. The van der Waals surface area contributed by atoms with Gasteiger partial charge in [-0.15, -0.1) is 0 Å². The van der Waals surface area contributed by atoms with Crippen LogP contribution in [0.4, 0.5) is 5.82 Å². The number of thiocarbonyl (C=S) groups is 1. The predicted molar refractivity (Wildman–Crippen MR) is 123 cm³/mol. The van der Waals surface area contributed by atoms with Crippen molar-refractivity contribution in [3.05, 3.63) is 40.8 Å². The van der Waals surface area contributed by atoms with Crippen LogP contribution in [0.5, 0.6) is 0 Å². The highest BCUT2D eigenvalue weighted by atomic mass is 32.2. The van der Waals surface area contributed by atoms with Crippen LogP contribution >= 0.6 is 24.0 Å². The van der Waals surface area contributed by atoms with E-state index in [0.717, 1.165) is 41.8 Å². The van der Waals surface area contributed by atoms with Gasteiger partial charge < -0.3 is 4.90 Å². The number of benzene rings is 1. The number of piperidine rings is 1. The van der Waals surface area contributed by atoms with E-state index in [4.69, 9.17) is 17.2 Å². The zero-order valence-corrected chi connectivity index (χ0v) is 18.0. The Morgan fingerprint density at radius 3 is 2.75 bits per heavy atom. The van der Waals surface area contributed by atoms with Gasteiger partial charge in [0.1, 0.15) is 10.1 Å². The molecule has 28 heavy (non-hydrogen) atoms. The third kappa shape index (κ3) is 3.67. The molecule has 0 aliphatic carbocycles. The summed E-state index contributed by atoms with van der Waals surface area (Å²) in [5.41, 5.74) is 2.00. The van der Waals surface area contributed by atoms with Crippen LogP contribution in [0.3, 0.4) is 0 Å². The first-order valence-corrected chi connectivity index (χ1v) is 11.2. The first-order chi connectivity index (χ1) is 13.6. The molecule has 2 aliphatic rings. The van der Waals surface area contributed by atoms with E-state index in [-0.39, 0.29) is 11.9 Å². The lowest BCUT2D eigenvalue weighted by molar-refractivity contribution is -0.123. The zero-order valence-electron chi connectivity index (χ0n) is 16.4. The molecule has 2 aliphatic heterocycles. The maximum Gasteiger partial charge on any atom is 0.266 e. The predicted octanol–water partition coefficient (Wildman–Crippen LogP) is 5.22. The van der Waals surface area contributed by atoms with E-state index in [1.165, 1.54) is 31.0 Å². The highest BCUT2D eigenvalue weighted by Gasteiger charge is 2.35. The Balaban J connectivity index is 1.78. The van der Waals surface area contributed by atoms with Crippen LogP contribution in [0.25, 0.3) is 17.0 Å². The van der Waals surface area contributed by atoms with Crippen molar-refractivity contribution >= 4 is 57.0 Å². The van der Waals surface area contributed by atoms with Gasteiger partial charge in [-0.3, -0.25) is 9.69 Å². The molecule has 2 saturated heterocycles. The second-order valence-corrected chi connectivity index (χ2v) is 9.13. The van der Waals surface area contributed by atoms with Crippen LogP contribution in [0.15, 0.2) is 35.2 Å². The molecule has 1 aromatic heterocycles. The van der Waals surface area contributed by atoms with Crippen LogP contribution in [0.2, 0.25) is 0 Å². The summed E-state index contributed by atoms with van der Waals surface area (Å²) < 4.78 is 0.652. The molecule has 6 heteroatoms. The molecule has 0 N–H and O–H groups in total. The molecule has 1 atom stereocenters. The largest absolute Gasteiger partial charge is 0.356 e. The molecule has 0 bridgehead atoms. The lowest BCUT2D eigenvalue weighted by Crippen LogP contribution is -2.36. The van der Waals surface area contributed by atoms with Gasteiger partial charge in [0.2, 0.25) is 0 Å². The van der Waals surface area contributed by atoms with Gasteiger partial charge in [-0.05, 0) is 50.8 Å². The van der Waals surface area contributed by atoms with Gasteiger partial charge in [0.15, 0.2) is 0 Å². The van der Waals surface area contributed by atoms with E-state index in [0.29, 0.717) is 9.23 Å². The quantitative estimate of drug-likeness (QED) is 0.509. The summed E-state index contributed by atoms with van der Waals surface area (Å²) in [4.78, 5) is 22.8. The van der Waals surface area contributed by atoms with E-state index in [9.17, 15) is 4.79 Å². The summed E-state index contributed by atoms with van der Waals surface area (Å²) in [7, 11) is 0. The lowest BCUT2D eigenvalue weighted by Gasteiger charge is -2.29. The summed E-state index contributed by atoms with van der Waals surface area (Å²) in [5.74, 6) is 0.995. The highest BCUT2D eigenvalue weighted by molar-refractivity contribution is 8.26. The minimum absolute atomic E-state index is 0.0158. The number of amides is 1. The molecule has 0 spiro atoms. The van der Waals surface area contributed by atoms with Crippen LogP contribution in [0.1, 0.15) is 45.1 Å². The van der Waals surface area contributed by atoms with Crippen molar-refractivity contribution in [1.29, 1.82) is 0 Å². The average Bonchev–Trinajstić information content (AvgIpc) is 3.00. The van der Waals surface area contributed by atoms with E-state index >= 15 is 0 Å². The Labute approximate surface area is 176 Å². The summed E-state index contributed by atoms with van der Waals surface area (Å²) in [6, 6.07) is 10.4. The number of aromatic nitrogens is 1. The van der Waals surface area contributed by atoms with Crippen molar-refractivity contribution < 1.29 is 4.79 Å². The molecule has 0 saturated carbocycles. The van der Waals surface area contributed by atoms with Crippen LogP contribution in [-0.4, -0.2) is 39.2 Å². The molecule has 2 aromatic rings.